The lowest BCUT2D eigenvalue weighted by atomic mass is 9.84. The van der Waals surface area contributed by atoms with Crippen LogP contribution in [0, 0.1) is 6.92 Å². The van der Waals surface area contributed by atoms with E-state index in [4.69, 9.17) is 0 Å². The first-order valence-corrected chi connectivity index (χ1v) is 22.0. The van der Waals surface area contributed by atoms with E-state index in [1.807, 2.05) is 0 Å². The van der Waals surface area contributed by atoms with Crippen LogP contribution in [0.15, 0.2) is 199 Å². The van der Waals surface area contributed by atoms with Gasteiger partial charge in [-0.15, -0.1) is 0 Å². The quantitative estimate of drug-likeness (QED) is 0.164. The van der Waals surface area contributed by atoms with Gasteiger partial charge in [0.2, 0.25) is 0 Å². The second kappa shape index (κ2) is 14.5. The summed E-state index contributed by atoms with van der Waals surface area (Å²) in [6, 6.07) is 66.5. The van der Waals surface area contributed by atoms with Crippen LogP contribution < -0.4 is 9.80 Å². The monoisotopic (exact) mass is 782 g/mol. The lowest BCUT2D eigenvalue weighted by molar-refractivity contribution is 0.833. The van der Waals surface area contributed by atoms with Crippen molar-refractivity contribution in [2.45, 2.75) is 45.4 Å². The Kier molecular flexibility index (Phi) is 8.52. The largest absolute Gasteiger partial charge is 0.310 e. The summed E-state index contributed by atoms with van der Waals surface area (Å²) in [5, 5.41) is 7.53. The highest BCUT2D eigenvalue weighted by molar-refractivity contribution is 6.23. The Morgan fingerprint density at radius 1 is 0.393 bits per heavy atom. The first kappa shape index (κ1) is 35.8. The summed E-state index contributed by atoms with van der Waals surface area (Å²) in [4.78, 5) is 5.07. The molecule has 61 heavy (non-hydrogen) atoms. The van der Waals surface area contributed by atoms with Gasteiger partial charge in [-0.25, -0.2) is 0 Å². The van der Waals surface area contributed by atoms with E-state index >= 15 is 0 Å². The minimum Gasteiger partial charge on any atom is -0.310 e. The van der Waals surface area contributed by atoms with Gasteiger partial charge in [-0.05, 0) is 177 Å². The molecule has 3 aliphatic rings. The highest BCUT2D eigenvalue weighted by Gasteiger charge is 2.27. The molecular formula is C59H46N2. The lowest BCUT2D eigenvalue weighted by Gasteiger charge is -2.30. The van der Waals surface area contributed by atoms with Gasteiger partial charge in [-0.2, -0.15) is 0 Å². The molecule has 0 bridgehead atoms. The molecule has 0 amide bonds. The number of nitrogens with zero attached hydrogens (tertiary/aromatic N) is 2. The Bertz CT molecular complexity index is 3240. The highest BCUT2D eigenvalue weighted by atomic mass is 15.2. The third-order valence-corrected chi connectivity index (χ3v) is 13.5. The Balaban J connectivity index is 1.19. The van der Waals surface area contributed by atoms with E-state index in [0.717, 1.165) is 38.5 Å². The van der Waals surface area contributed by atoms with Crippen LogP contribution in [0.2, 0.25) is 0 Å². The van der Waals surface area contributed by atoms with Crippen molar-refractivity contribution in [2.24, 2.45) is 0 Å². The van der Waals surface area contributed by atoms with Crippen molar-refractivity contribution in [1.29, 1.82) is 0 Å². The second-order valence-electron chi connectivity index (χ2n) is 17.1. The van der Waals surface area contributed by atoms with Crippen molar-refractivity contribution in [3.05, 3.63) is 222 Å². The molecule has 0 unspecified atom stereocenters. The Labute approximate surface area is 358 Å². The SMILES string of the molecule is Cc1cccc(-c2c3ccc(N4C5=C(CCC=C5)CCc5ccccc54)cc3c(-c3ccc4ccccc4c3)c3ccc(N4c5ccccc5CCc5ccccc54)cc23)c1. The summed E-state index contributed by atoms with van der Waals surface area (Å²) in [5.41, 5.74) is 19.5. The molecule has 2 heterocycles. The molecule has 0 saturated heterocycles. The third-order valence-electron chi connectivity index (χ3n) is 13.5. The van der Waals surface area contributed by atoms with Crippen LogP contribution in [-0.2, 0) is 19.3 Å². The van der Waals surface area contributed by atoms with Crippen molar-refractivity contribution in [1.82, 2.24) is 0 Å². The molecule has 9 aromatic rings. The third kappa shape index (κ3) is 6.00. The molecule has 292 valence electrons. The maximum absolute atomic E-state index is 2.56. The first-order valence-electron chi connectivity index (χ1n) is 22.0. The predicted octanol–water partition coefficient (Wildman–Crippen LogP) is 16.0. The molecule has 0 saturated carbocycles. The fourth-order valence-electron chi connectivity index (χ4n) is 10.6. The molecule has 2 heteroatoms. The Hall–Kier alpha value is -7.16. The van der Waals surface area contributed by atoms with Crippen LogP contribution >= 0.6 is 0 Å². The number of rotatable bonds is 4. The zero-order valence-corrected chi connectivity index (χ0v) is 34.5. The first-order chi connectivity index (χ1) is 30.2. The highest BCUT2D eigenvalue weighted by Crippen LogP contribution is 2.50. The average Bonchev–Trinajstić information content (AvgIpc) is 3.58. The molecule has 1 aliphatic carbocycles. The minimum absolute atomic E-state index is 1.01. The molecule has 2 nitrogen and oxygen atoms in total. The van der Waals surface area contributed by atoms with E-state index in [1.54, 1.807) is 5.57 Å². The van der Waals surface area contributed by atoms with Crippen LogP contribution in [0.4, 0.5) is 28.4 Å². The molecule has 12 rings (SSSR count). The maximum Gasteiger partial charge on any atom is 0.0493 e. The van der Waals surface area contributed by atoms with E-state index in [2.05, 4.69) is 205 Å². The molecule has 0 aromatic heterocycles. The number of hydrogen-bond donors (Lipinski definition) is 0. The number of para-hydroxylation sites is 3. The zero-order chi connectivity index (χ0) is 40.4. The lowest BCUT2D eigenvalue weighted by Crippen LogP contribution is -2.18. The van der Waals surface area contributed by atoms with E-state index in [0.29, 0.717) is 0 Å². The van der Waals surface area contributed by atoms with Gasteiger partial charge in [0, 0.05) is 34.1 Å². The molecule has 9 aromatic carbocycles. The summed E-state index contributed by atoms with van der Waals surface area (Å²) in [7, 11) is 0. The number of hydrogen-bond acceptors (Lipinski definition) is 2. The van der Waals surface area contributed by atoms with Gasteiger partial charge in [0.05, 0.1) is 0 Å². The van der Waals surface area contributed by atoms with Crippen LogP contribution in [0.25, 0.3) is 54.6 Å². The molecule has 2 aliphatic heterocycles. The number of anilines is 5. The van der Waals surface area contributed by atoms with Crippen molar-refractivity contribution in [2.75, 3.05) is 9.80 Å². The van der Waals surface area contributed by atoms with Crippen LogP contribution in [0.1, 0.15) is 41.5 Å². The fourth-order valence-corrected chi connectivity index (χ4v) is 10.6. The zero-order valence-electron chi connectivity index (χ0n) is 34.5. The van der Waals surface area contributed by atoms with Gasteiger partial charge < -0.3 is 9.80 Å². The second-order valence-corrected chi connectivity index (χ2v) is 17.1. The topological polar surface area (TPSA) is 6.48 Å². The molecule has 0 N–H and O–H groups in total. The van der Waals surface area contributed by atoms with E-state index in [-0.39, 0.29) is 0 Å². The minimum atomic E-state index is 1.01. The van der Waals surface area contributed by atoms with E-state index in [9.17, 15) is 0 Å². The van der Waals surface area contributed by atoms with Crippen LogP contribution in [0.5, 0.6) is 0 Å². The van der Waals surface area contributed by atoms with Crippen molar-refractivity contribution >= 4 is 60.8 Å². The van der Waals surface area contributed by atoms with Gasteiger partial charge in [0.25, 0.3) is 0 Å². The Morgan fingerprint density at radius 3 is 1.61 bits per heavy atom. The summed E-state index contributed by atoms with van der Waals surface area (Å²) in [6.07, 6.45) is 11.2. The summed E-state index contributed by atoms with van der Waals surface area (Å²) >= 11 is 0. The smallest absolute Gasteiger partial charge is 0.0493 e. The van der Waals surface area contributed by atoms with Gasteiger partial charge in [0.15, 0.2) is 0 Å². The van der Waals surface area contributed by atoms with Crippen LogP contribution in [0.3, 0.4) is 0 Å². The predicted molar refractivity (Wildman–Crippen MR) is 259 cm³/mol. The van der Waals surface area contributed by atoms with Gasteiger partial charge in [-0.3, -0.25) is 0 Å². The molecule has 0 fully saturated rings. The normalized spacial score (nSPS) is 14.7. The van der Waals surface area contributed by atoms with Crippen molar-refractivity contribution in [3.63, 3.8) is 0 Å². The van der Waals surface area contributed by atoms with Crippen LogP contribution in [-0.4, -0.2) is 0 Å². The number of aryl methyl sites for hydroxylation is 4. The van der Waals surface area contributed by atoms with Gasteiger partial charge in [-0.1, -0.05) is 139 Å². The summed E-state index contributed by atoms with van der Waals surface area (Å²) in [6.45, 7) is 2.21. The average molecular weight is 783 g/mol. The van der Waals surface area contributed by atoms with Gasteiger partial charge in [0.1, 0.15) is 0 Å². The molecular weight excluding hydrogens is 737 g/mol. The fraction of sp³-hybridized carbons (Fsp3) is 0.119. The Morgan fingerprint density at radius 2 is 0.951 bits per heavy atom. The number of fused-ring (bicyclic) bond motifs is 6. The van der Waals surface area contributed by atoms with E-state index < -0.39 is 0 Å². The number of benzene rings is 9. The molecule has 0 radical (unpaired) electrons. The summed E-state index contributed by atoms with van der Waals surface area (Å²) < 4.78 is 0. The summed E-state index contributed by atoms with van der Waals surface area (Å²) in [5.74, 6) is 0. The molecule has 0 spiro atoms. The maximum atomic E-state index is 2.56. The van der Waals surface area contributed by atoms with E-state index in [1.165, 1.54) is 111 Å². The standard InChI is InChI=1S/C59H46N2/c1-39-13-12-20-46(35-39)58-50-33-31-49(61-56-23-10-6-17-43(56)28-29-44-18-7-11-24-57(44)61)38-53(50)59(47-30-25-40-14-2-3-19-45(40)36-47)51-34-32-48(37-52(51)58)60-54-21-8-4-15-41(54)26-27-42-16-5-9-22-55(42)60/h2-6,8-17,19-25,30-38H,7,18,26-29H2,1H3. The molecule has 0 atom stereocenters. The number of allylic oxidation sites excluding steroid dienone is 3. The van der Waals surface area contributed by atoms with Crippen molar-refractivity contribution in [3.8, 4) is 22.3 Å². The van der Waals surface area contributed by atoms with Gasteiger partial charge >= 0.3 is 0 Å². The van der Waals surface area contributed by atoms with Crippen molar-refractivity contribution < 1.29 is 0 Å².